The molecule has 5 heteroatoms. The van der Waals surface area contributed by atoms with Crippen molar-refractivity contribution in [3.8, 4) is 5.75 Å². The predicted octanol–water partition coefficient (Wildman–Crippen LogP) is 2.23. The van der Waals surface area contributed by atoms with Crippen LogP contribution >= 0.6 is 0 Å². The van der Waals surface area contributed by atoms with E-state index in [1.165, 1.54) is 12.1 Å². The number of hydrogen-bond donors (Lipinski definition) is 0. The van der Waals surface area contributed by atoms with Crippen LogP contribution in [0, 0.1) is 5.82 Å². The lowest BCUT2D eigenvalue weighted by Crippen LogP contribution is -2.48. The quantitative estimate of drug-likeness (QED) is 0.780. The Kier molecular flexibility index (Phi) is 3.14. The Hall–Kier alpha value is -1.62. The lowest BCUT2D eigenvalue weighted by molar-refractivity contribution is 0.0880. The molecule has 2 aliphatic heterocycles. The summed E-state index contributed by atoms with van der Waals surface area (Å²) in [5.74, 6) is -0.0199. The van der Waals surface area contributed by atoms with Gasteiger partial charge in [0.15, 0.2) is 0 Å². The van der Waals surface area contributed by atoms with Crippen molar-refractivity contribution in [2.24, 2.45) is 0 Å². The number of rotatable bonds is 1. The number of carbonyl (C=O) groups excluding carboxylic acids is 1. The number of hydrogen-bond acceptors (Lipinski definition) is 3. The first-order valence-electron chi connectivity index (χ1n) is 6.59. The summed E-state index contributed by atoms with van der Waals surface area (Å²) in [6.07, 6.45) is 1.57. The number of nitrogens with zero attached hydrogens (tertiary/aromatic N) is 2. The lowest BCUT2D eigenvalue weighted by Gasteiger charge is -2.38. The number of benzene rings is 1. The summed E-state index contributed by atoms with van der Waals surface area (Å²) in [5, 5.41) is 0. The summed E-state index contributed by atoms with van der Waals surface area (Å²) in [6.45, 7) is 2.50. The Bertz CT molecular complexity index is 498. The molecule has 102 valence electrons. The third kappa shape index (κ3) is 2.42. The SMILES string of the molecule is CN1CCC(N2Cc3ccc(F)cc3OC2=O)CC1. The van der Waals surface area contributed by atoms with Gasteiger partial charge in [-0.15, -0.1) is 0 Å². The second kappa shape index (κ2) is 4.81. The van der Waals surface area contributed by atoms with Gasteiger partial charge in [-0.3, -0.25) is 0 Å². The van der Waals surface area contributed by atoms with Gasteiger partial charge in [0.2, 0.25) is 0 Å². The average molecular weight is 264 g/mol. The minimum Gasteiger partial charge on any atom is -0.410 e. The van der Waals surface area contributed by atoms with E-state index in [0.717, 1.165) is 31.5 Å². The topological polar surface area (TPSA) is 32.8 Å². The third-order valence-corrected chi connectivity index (χ3v) is 3.93. The van der Waals surface area contributed by atoms with Gasteiger partial charge < -0.3 is 14.5 Å². The first-order valence-corrected chi connectivity index (χ1v) is 6.59. The molecule has 2 heterocycles. The number of fused-ring (bicyclic) bond motifs is 1. The first kappa shape index (κ1) is 12.4. The van der Waals surface area contributed by atoms with Crippen molar-refractivity contribution in [1.82, 2.24) is 9.80 Å². The number of piperidine rings is 1. The molecule has 0 spiro atoms. The van der Waals surface area contributed by atoms with Gasteiger partial charge in [0.25, 0.3) is 0 Å². The number of amides is 1. The molecule has 1 fully saturated rings. The molecule has 0 N–H and O–H groups in total. The maximum Gasteiger partial charge on any atom is 0.415 e. The van der Waals surface area contributed by atoms with Crippen LogP contribution in [0.2, 0.25) is 0 Å². The smallest absolute Gasteiger partial charge is 0.410 e. The van der Waals surface area contributed by atoms with Crippen molar-refractivity contribution >= 4 is 6.09 Å². The monoisotopic (exact) mass is 264 g/mol. The summed E-state index contributed by atoms with van der Waals surface area (Å²) in [4.78, 5) is 16.0. The molecule has 4 nitrogen and oxygen atoms in total. The van der Waals surface area contributed by atoms with Crippen LogP contribution < -0.4 is 4.74 Å². The molecular formula is C14H17FN2O2. The minimum atomic E-state index is -0.376. The van der Waals surface area contributed by atoms with E-state index in [1.54, 1.807) is 11.0 Å². The second-order valence-corrected chi connectivity index (χ2v) is 5.28. The normalized spacial score (nSPS) is 21.2. The highest BCUT2D eigenvalue weighted by Gasteiger charge is 2.32. The van der Waals surface area contributed by atoms with Gasteiger partial charge in [-0.25, -0.2) is 9.18 Å². The van der Waals surface area contributed by atoms with E-state index in [4.69, 9.17) is 4.74 Å². The van der Waals surface area contributed by atoms with Crippen molar-refractivity contribution in [1.29, 1.82) is 0 Å². The van der Waals surface area contributed by atoms with E-state index < -0.39 is 0 Å². The van der Waals surface area contributed by atoms with Gasteiger partial charge in [-0.1, -0.05) is 6.07 Å². The summed E-state index contributed by atoms with van der Waals surface area (Å²) < 4.78 is 18.3. The molecule has 19 heavy (non-hydrogen) atoms. The molecule has 0 aliphatic carbocycles. The van der Waals surface area contributed by atoms with Gasteiger partial charge >= 0.3 is 6.09 Å². The summed E-state index contributed by atoms with van der Waals surface area (Å²) >= 11 is 0. The van der Waals surface area contributed by atoms with E-state index in [2.05, 4.69) is 11.9 Å². The van der Waals surface area contributed by atoms with Crippen LogP contribution in [0.1, 0.15) is 18.4 Å². The van der Waals surface area contributed by atoms with Gasteiger partial charge in [0.05, 0.1) is 6.54 Å². The number of likely N-dealkylation sites (tertiary alicyclic amines) is 1. The van der Waals surface area contributed by atoms with Crippen LogP contribution in [0.4, 0.5) is 9.18 Å². The highest BCUT2D eigenvalue weighted by atomic mass is 19.1. The van der Waals surface area contributed by atoms with E-state index in [0.29, 0.717) is 12.3 Å². The fourth-order valence-electron chi connectivity index (χ4n) is 2.74. The predicted molar refractivity (Wildman–Crippen MR) is 68.5 cm³/mol. The zero-order valence-corrected chi connectivity index (χ0v) is 10.9. The van der Waals surface area contributed by atoms with Crippen LogP contribution in [-0.4, -0.2) is 42.1 Å². The molecule has 0 radical (unpaired) electrons. The zero-order chi connectivity index (χ0) is 13.4. The van der Waals surface area contributed by atoms with Crippen LogP contribution in [0.5, 0.6) is 5.75 Å². The number of carbonyl (C=O) groups is 1. The maximum atomic E-state index is 13.1. The lowest BCUT2D eigenvalue weighted by atomic mass is 10.0. The molecule has 0 bridgehead atoms. The third-order valence-electron chi connectivity index (χ3n) is 3.93. The van der Waals surface area contributed by atoms with E-state index in [-0.39, 0.29) is 18.0 Å². The van der Waals surface area contributed by atoms with Crippen molar-refractivity contribution in [2.45, 2.75) is 25.4 Å². The standard InChI is InChI=1S/C14H17FN2O2/c1-16-6-4-12(5-7-16)17-9-10-2-3-11(15)8-13(10)19-14(17)18/h2-3,8,12H,4-7,9H2,1H3. The van der Waals surface area contributed by atoms with Crippen LogP contribution in [0.15, 0.2) is 18.2 Å². The highest BCUT2D eigenvalue weighted by Crippen LogP contribution is 2.30. The molecule has 1 aromatic rings. The Morgan fingerprint density at radius 3 is 2.79 bits per heavy atom. The molecule has 0 aromatic heterocycles. The number of halogens is 1. The molecule has 0 saturated carbocycles. The van der Waals surface area contributed by atoms with Crippen LogP contribution in [0.25, 0.3) is 0 Å². The molecule has 1 aromatic carbocycles. The van der Waals surface area contributed by atoms with E-state index in [9.17, 15) is 9.18 Å². The molecule has 1 amide bonds. The summed E-state index contributed by atoms with van der Waals surface area (Å²) in [6, 6.07) is 4.60. The summed E-state index contributed by atoms with van der Waals surface area (Å²) in [5.41, 5.74) is 0.875. The van der Waals surface area contributed by atoms with Crippen molar-refractivity contribution in [3.63, 3.8) is 0 Å². The van der Waals surface area contributed by atoms with Gasteiger partial charge in [-0.05, 0) is 39.0 Å². The number of ether oxygens (including phenoxy) is 1. The highest BCUT2D eigenvalue weighted by molar-refractivity contribution is 5.73. The van der Waals surface area contributed by atoms with Gasteiger partial charge in [0.1, 0.15) is 11.6 Å². The Morgan fingerprint density at radius 2 is 2.05 bits per heavy atom. The van der Waals surface area contributed by atoms with E-state index in [1.807, 2.05) is 0 Å². The fraction of sp³-hybridized carbons (Fsp3) is 0.500. The van der Waals surface area contributed by atoms with E-state index >= 15 is 0 Å². The molecule has 0 atom stereocenters. The molecule has 0 unspecified atom stereocenters. The molecule has 3 rings (SSSR count). The van der Waals surface area contributed by atoms with Crippen molar-refractivity contribution in [3.05, 3.63) is 29.6 Å². The van der Waals surface area contributed by atoms with Gasteiger partial charge in [0, 0.05) is 17.7 Å². The van der Waals surface area contributed by atoms with Crippen molar-refractivity contribution in [2.75, 3.05) is 20.1 Å². The minimum absolute atomic E-state index is 0.224. The summed E-state index contributed by atoms with van der Waals surface area (Å²) in [7, 11) is 2.09. The molecule has 1 saturated heterocycles. The van der Waals surface area contributed by atoms with Crippen molar-refractivity contribution < 1.29 is 13.9 Å². The Balaban J connectivity index is 1.78. The van der Waals surface area contributed by atoms with Gasteiger partial charge in [-0.2, -0.15) is 0 Å². The Morgan fingerprint density at radius 1 is 1.32 bits per heavy atom. The molecular weight excluding hydrogens is 247 g/mol. The van der Waals surface area contributed by atoms with Crippen LogP contribution in [-0.2, 0) is 6.54 Å². The molecule has 2 aliphatic rings. The first-order chi connectivity index (χ1) is 9.13. The largest absolute Gasteiger partial charge is 0.415 e. The second-order valence-electron chi connectivity index (χ2n) is 5.28. The zero-order valence-electron chi connectivity index (χ0n) is 10.9. The van der Waals surface area contributed by atoms with Crippen LogP contribution in [0.3, 0.4) is 0 Å². The Labute approximate surface area is 111 Å². The average Bonchev–Trinajstić information content (AvgIpc) is 2.39. The fourth-order valence-corrected chi connectivity index (χ4v) is 2.74. The maximum absolute atomic E-state index is 13.1.